The maximum Gasteiger partial charge on any atom is 0.0897 e. The molecular formula is C16H22ClNO3. The Kier molecular flexibility index (Phi) is 5.14. The van der Waals surface area contributed by atoms with Crippen molar-refractivity contribution in [3.05, 3.63) is 34.9 Å². The van der Waals surface area contributed by atoms with Crippen molar-refractivity contribution in [1.82, 2.24) is 5.32 Å². The van der Waals surface area contributed by atoms with E-state index in [0.717, 1.165) is 18.4 Å². The fourth-order valence-electron chi connectivity index (χ4n) is 3.12. The van der Waals surface area contributed by atoms with E-state index in [0.29, 0.717) is 43.0 Å². The highest BCUT2D eigenvalue weighted by Gasteiger charge is 2.40. The molecule has 2 heterocycles. The second-order valence-corrected chi connectivity index (χ2v) is 6.29. The largest absolute Gasteiger partial charge is 0.389 e. The topological polar surface area (TPSA) is 50.7 Å². The van der Waals surface area contributed by atoms with Crippen molar-refractivity contribution in [2.75, 3.05) is 13.2 Å². The van der Waals surface area contributed by atoms with Gasteiger partial charge in [-0.05, 0) is 30.9 Å². The molecule has 4 atom stereocenters. The van der Waals surface area contributed by atoms with E-state index in [-0.39, 0.29) is 0 Å². The molecule has 2 aliphatic heterocycles. The molecule has 0 spiro atoms. The summed E-state index contributed by atoms with van der Waals surface area (Å²) >= 11 is 6.05. The Bertz CT molecular complexity index is 471. The molecule has 2 bridgehead atoms. The van der Waals surface area contributed by atoms with Crippen LogP contribution in [0, 0.1) is 0 Å². The number of fused-ring (bicyclic) bond motifs is 2. The maximum atomic E-state index is 9.97. The minimum atomic E-state index is -0.508. The molecule has 0 saturated carbocycles. The second-order valence-electron chi connectivity index (χ2n) is 5.88. The van der Waals surface area contributed by atoms with Crippen molar-refractivity contribution in [2.45, 2.75) is 50.2 Å². The van der Waals surface area contributed by atoms with Crippen LogP contribution >= 0.6 is 11.6 Å². The third-order valence-electron chi connectivity index (χ3n) is 4.25. The number of aliphatic hydroxyl groups is 1. The fraction of sp³-hybridized carbons (Fsp3) is 0.625. The molecule has 2 saturated heterocycles. The number of halogens is 1. The molecule has 0 aliphatic carbocycles. The lowest BCUT2D eigenvalue weighted by Crippen LogP contribution is -2.42. The van der Waals surface area contributed by atoms with Gasteiger partial charge < -0.3 is 19.9 Å². The minimum absolute atomic E-state index is 0.305. The van der Waals surface area contributed by atoms with Crippen LogP contribution in [0.3, 0.4) is 0 Å². The summed E-state index contributed by atoms with van der Waals surface area (Å²) in [5, 5.41) is 14.1. The number of nitrogens with one attached hydrogen (secondary N) is 1. The van der Waals surface area contributed by atoms with Crippen molar-refractivity contribution in [1.29, 1.82) is 0 Å². The molecule has 0 aromatic heterocycles. The standard InChI is InChI=1S/C16H22ClNO3/c17-14-4-2-1-3-11(14)9-20-10-12(19)8-18-15-7-13-5-6-16(15)21-13/h1-4,12-13,15-16,18-19H,5-10H2. The Labute approximate surface area is 130 Å². The van der Waals surface area contributed by atoms with E-state index >= 15 is 0 Å². The Morgan fingerprint density at radius 2 is 2.24 bits per heavy atom. The van der Waals surface area contributed by atoms with Gasteiger partial charge in [-0.25, -0.2) is 0 Å². The van der Waals surface area contributed by atoms with E-state index in [9.17, 15) is 5.11 Å². The van der Waals surface area contributed by atoms with Gasteiger partial charge in [0.15, 0.2) is 0 Å². The first kappa shape index (κ1) is 15.3. The van der Waals surface area contributed by atoms with Gasteiger partial charge in [0.2, 0.25) is 0 Å². The lowest BCUT2D eigenvalue weighted by atomic mass is 9.95. The molecule has 4 unspecified atom stereocenters. The van der Waals surface area contributed by atoms with Gasteiger partial charge >= 0.3 is 0 Å². The number of benzene rings is 1. The molecule has 5 heteroatoms. The van der Waals surface area contributed by atoms with Crippen LogP contribution in [0.5, 0.6) is 0 Å². The van der Waals surface area contributed by atoms with Gasteiger partial charge in [-0.1, -0.05) is 29.8 Å². The van der Waals surface area contributed by atoms with E-state index in [2.05, 4.69) is 5.32 Å². The smallest absolute Gasteiger partial charge is 0.0897 e. The predicted octanol–water partition coefficient (Wildman–Crippen LogP) is 2.13. The van der Waals surface area contributed by atoms with Crippen LogP contribution in [0.15, 0.2) is 24.3 Å². The summed E-state index contributed by atoms with van der Waals surface area (Å²) in [4.78, 5) is 0. The summed E-state index contributed by atoms with van der Waals surface area (Å²) in [6, 6.07) is 7.98. The van der Waals surface area contributed by atoms with Gasteiger partial charge in [0.05, 0.1) is 31.5 Å². The number of hydrogen-bond acceptors (Lipinski definition) is 4. The average molecular weight is 312 g/mol. The van der Waals surface area contributed by atoms with Crippen molar-refractivity contribution in [3.8, 4) is 0 Å². The molecular weight excluding hydrogens is 290 g/mol. The van der Waals surface area contributed by atoms with Gasteiger partial charge in [-0.15, -0.1) is 0 Å². The van der Waals surface area contributed by atoms with Crippen LogP contribution in [0.2, 0.25) is 5.02 Å². The van der Waals surface area contributed by atoms with Crippen molar-refractivity contribution >= 4 is 11.6 Å². The zero-order valence-corrected chi connectivity index (χ0v) is 12.8. The minimum Gasteiger partial charge on any atom is -0.389 e. The fourth-order valence-corrected chi connectivity index (χ4v) is 3.31. The molecule has 1 aromatic carbocycles. The number of hydrogen-bond donors (Lipinski definition) is 2. The lowest BCUT2D eigenvalue weighted by Gasteiger charge is -2.22. The molecule has 3 rings (SSSR count). The molecule has 1 aromatic rings. The lowest BCUT2D eigenvalue weighted by molar-refractivity contribution is 0.0259. The van der Waals surface area contributed by atoms with E-state index in [1.165, 1.54) is 6.42 Å². The van der Waals surface area contributed by atoms with E-state index < -0.39 is 6.10 Å². The molecule has 0 amide bonds. The van der Waals surface area contributed by atoms with Gasteiger partial charge in [0.25, 0.3) is 0 Å². The molecule has 2 aliphatic rings. The highest BCUT2D eigenvalue weighted by Crippen LogP contribution is 2.34. The van der Waals surface area contributed by atoms with Crippen LogP contribution < -0.4 is 5.32 Å². The Morgan fingerprint density at radius 3 is 2.95 bits per heavy atom. The number of ether oxygens (including phenoxy) is 2. The van der Waals surface area contributed by atoms with Gasteiger partial charge in [-0.2, -0.15) is 0 Å². The number of aliphatic hydroxyl groups excluding tert-OH is 1. The first-order valence-electron chi connectivity index (χ1n) is 7.60. The van der Waals surface area contributed by atoms with Crippen LogP contribution in [0.25, 0.3) is 0 Å². The molecule has 21 heavy (non-hydrogen) atoms. The van der Waals surface area contributed by atoms with Crippen LogP contribution in [-0.2, 0) is 16.1 Å². The first-order valence-corrected chi connectivity index (χ1v) is 7.98. The SMILES string of the molecule is OC(CNC1CC2CCC1O2)COCc1ccccc1Cl. The third kappa shape index (κ3) is 3.96. The van der Waals surface area contributed by atoms with Crippen molar-refractivity contribution in [3.63, 3.8) is 0 Å². The summed E-state index contributed by atoms with van der Waals surface area (Å²) in [6.07, 6.45) is 3.66. The Morgan fingerprint density at radius 1 is 1.38 bits per heavy atom. The molecule has 0 radical (unpaired) electrons. The summed E-state index contributed by atoms with van der Waals surface area (Å²) in [5.74, 6) is 0. The normalized spacial score (nSPS) is 29.0. The third-order valence-corrected chi connectivity index (χ3v) is 4.62. The van der Waals surface area contributed by atoms with E-state index in [1.54, 1.807) is 0 Å². The predicted molar refractivity (Wildman–Crippen MR) is 81.4 cm³/mol. The highest BCUT2D eigenvalue weighted by molar-refractivity contribution is 6.31. The highest BCUT2D eigenvalue weighted by atomic mass is 35.5. The van der Waals surface area contributed by atoms with Crippen molar-refractivity contribution < 1.29 is 14.6 Å². The maximum absolute atomic E-state index is 9.97. The average Bonchev–Trinajstić information content (AvgIpc) is 3.10. The Hall–Kier alpha value is -0.650. The molecule has 2 N–H and O–H groups in total. The summed E-state index contributed by atoms with van der Waals surface area (Å²) in [5.41, 5.74) is 0.945. The number of rotatable bonds is 7. The van der Waals surface area contributed by atoms with Gasteiger partial charge in [0.1, 0.15) is 0 Å². The van der Waals surface area contributed by atoms with Crippen LogP contribution in [0.4, 0.5) is 0 Å². The van der Waals surface area contributed by atoms with Gasteiger partial charge in [-0.3, -0.25) is 0 Å². The van der Waals surface area contributed by atoms with Crippen LogP contribution in [0.1, 0.15) is 24.8 Å². The zero-order chi connectivity index (χ0) is 14.7. The summed E-state index contributed by atoms with van der Waals surface area (Å²) < 4.78 is 11.3. The van der Waals surface area contributed by atoms with Crippen LogP contribution in [-0.4, -0.2) is 42.6 Å². The molecule has 2 fully saturated rings. The summed E-state index contributed by atoms with van der Waals surface area (Å²) in [6.45, 7) is 1.27. The Balaban J connectivity index is 1.33. The first-order chi connectivity index (χ1) is 10.2. The molecule has 116 valence electrons. The molecule has 4 nitrogen and oxygen atoms in total. The van der Waals surface area contributed by atoms with Crippen molar-refractivity contribution in [2.24, 2.45) is 0 Å². The quantitative estimate of drug-likeness (QED) is 0.810. The van der Waals surface area contributed by atoms with E-state index in [4.69, 9.17) is 21.1 Å². The van der Waals surface area contributed by atoms with Gasteiger partial charge in [0, 0.05) is 17.6 Å². The second kappa shape index (κ2) is 7.07. The zero-order valence-electron chi connectivity index (χ0n) is 12.0. The monoisotopic (exact) mass is 311 g/mol. The summed E-state index contributed by atoms with van der Waals surface area (Å²) in [7, 11) is 0. The van der Waals surface area contributed by atoms with E-state index in [1.807, 2.05) is 24.3 Å².